The fraction of sp³-hybridized carbons (Fsp3) is 0. The van der Waals surface area contributed by atoms with Gasteiger partial charge in [0.25, 0.3) is 0 Å². The minimum atomic E-state index is 0.900. The van der Waals surface area contributed by atoms with Crippen LogP contribution in [0.3, 0.4) is 0 Å². The molecule has 0 saturated carbocycles. The molecule has 262 valence electrons. The van der Waals surface area contributed by atoms with Gasteiger partial charge in [-0.1, -0.05) is 164 Å². The van der Waals surface area contributed by atoms with Crippen LogP contribution < -0.4 is 4.90 Å². The quantitative estimate of drug-likeness (QED) is 0.171. The molecule has 11 rings (SSSR count). The second-order valence-corrected chi connectivity index (χ2v) is 14.5. The lowest BCUT2D eigenvalue weighted by atomic mass is 9.97. The maximum absolute atomic E-state index is 6.53. The van der Waals surface area contributed by atoms with Crippen molar-refractivity contribution in [2.75, 3.05) is 4.90 Å². The monoisotopic (exact) mass is 713 g/mol. The largest absolute Gasteiger partial charge is 0.455 e. The van der Waals surface area contributed by atoms with E-state index in [9.17, 15) is 0 Å². The van der Waals surface area contributed by atoms with E-state index in [1.807, 2.05) is 0 Å². The van der Waals surface area contributed by atoms with Gasteiger partial charge in [-0.15, -0.1) is 0 Å². The molecule has 0 amide bonds. The SMILES string of the molecule is c1ccc2c(-c3ccc(N(c4ccc(-c5cccc6ccccc56)cc4)c4ccc(-c5cccc6oc7c8ccccc8ccc7c56)cc4)cc3)cccc2c1. The molecule has 56 heavy (non-hydrogen) atoms. The first-order chi connectivity index (χ1) is 27.8. The number of benzene rings is 10. The van der Waals surface area contributed by atoms with Crippen molar-refractivity contribution in [1.82, 2.24) is 0 Å². The first-order valence-corrected chi connectivity index (χ1v) is 19.2. The molecule has 1 aromatic heterocycles. The van der Waals surface area contributed by atoms with Gasteiger partial charge in [0.05, 0.1) is 0 Å². The molecule has 0 aliphatic carbocycles. The summed E-state index contributed by atoms with van der Waals surface area (Å²) >= 11 is 0. The predicted octanol–water partition coefficient (Wildman–Crippen LogP) is 15.5. The van der Waals surface area contributed by atoms with Gasteiger partial charge in [0.15, 0.2) is 0 Å². The van der Waals surface area contributed by atoms with Crippen molar-refractivity contribution < 1.29 is 4.42 Å². The smallest absolute Gasteiger partial charge is 0.143 e. The van der Waals surface area contributed by atoms with Crippen molar-refractivity contribution in [3.8, 4) is 33.4 Å². The number of nitrogens with zero attached hydrogens (tertiary/aromatic N) is 1. The first kappa shape index (κ1) is 32.0. The van der Waals surface area contributed by atoms with Gasteiger partial charge in [0.1, 0.15) is 11.2 Å². The lowest BCUT2D eigenvalue weighted by Crippen LogP contribution is -2.09. The third-order valence-electron chi connectivity index (χ3n) is 11.3. The lowest BCUT2D eigenvalue weighted by Gasteiger charge is -2.26. The highest BCUT2D eigenvalue weighted by Gasteiger charge is 2.17. The van der Waals surface area contributed by atoms with E-state index in [-0.39, 0.29) is 0 Å². The number of fused-ring (bicyclic) bond motifs is 7. The predicted molar refractivity (Wildman–Crippen MR) is 237 cm³/mol. The van der Waals surface area contributed by atoms with Crippen LogP contribution in [-0.4, -0.2) is 0 Å². The fourth-order valence-corrected chi connectivity index (χ4v) is 8.57. The van der Waals surface area contributed by atoms with Crippen LogP contribution in [0.2, 0.25) is 0 Å². The molecular weight excluding hydrogens is 679 g/mol. The summed E-state index contributed by atoms with van der Waals surface area (Å²) in [6.45, 7) is 0. The number of anilines is 3. The van der Waals surface area contributed by atoms with Gasteiger partial charge < -0.3 is 9.32 Å². The van der Waals surface area contributed by atoms with Crippen LogP contribution in [0.4, 0.5) is 17.1 Å². The molecule has 0 unspecified atom stereocenters. The number of furan rings is 1. The Hall–Kier alpha value is -7.42. The molecule has 0 spiro atoms. The minimum absolute atomic E-state index is 0.900. The Bertz CT molecular complexity index is 3090. The van der Waals surface area contributed by atoms with E-state index in [4.69, 9.17) is 4.42 Å². The van der Waals surface area contributed by atoms with Crippen LogP contribution in [-0.2, 0) is 0 Å². The Morgan fingerprint density at radius 2 is 0.696 bits per heavy atom. The topological polar surface area (TPSA) is 16.4 Å². The summed E-state index contributed by atoms with van der Waals surface area (Å²) in [5.74, 6) is 0. The fourth-order valence-electron chi connectivity index (χ4n) is 8.57. The van der Waals surface area contributed by atoms with Gasteiger partial charge in [0.2, 0.25) is 0 Å². The van der Waals surface area contributed by atoms with Gasteiger partial charge in [-0.25, -0.2) is 0 Å². The summed E-state index contributed by atoms with van der Waals surface area (Å²) in [6, 6.07) is 76.4. The molecule has 0 aliphatic heterocycles. The van der Waals surface area contributed by atoms with Crippen molar-refractivity contribution >= 4 is 71.3 Å². The van der Waals surface area contributed by atoms with Crippen LogP contribution in [0.15, 0.2) is 217 Å². The normalized spacial score (nSPS) is 11.6. The summed E-state index contributed by atoms with van der Waals surface area (Å²) < 4.78 is 6.53. The molecular formula is C54H35NO. The average Bonchev–Trinajstić information content (AvgIpc) is 3.67. The molecule has 0 atom stereocenters. The van der Waals surface area contributed by atoms with E-state index >= 15 is 0 Å². The summed E-state index contributed by atoms with van der Waals surface area (Å²) in [4.78, 5) is 2.35. The molecule has 1 heterocycles. The summed E-state index contributed by atoms with van der Waals surface area (Å²) in [5, 5.41) is 9.60. The van der Waals surface area contributed by atoms with Crippen molar-refractivity contribution in [1.29, 1.82) is 0 Å². The molecule has 2 heteroatoms. The summed E-state index contributed by atoms with van der Waals surface area (Å²) in [7, 11) is 0. The van der Waals surface area contributed by atoms with Crippen LogP contribution in [0.25, 0.3) is 87.6 Å². The molecule has 0 bridgehead atoms. The highest BCUT2D eigenvalue weighted by atomic mass is 16.3. The van der Waals surface area contributed by atoms with E-state index in [2.05, 4.69) is 217 Å². The molecule has 0 aliphatic rings. The second kappa shape index (κ2) is 13.2. The van der Waals surface area contributed by atoms with E-state index in [0.29, 0.717) is 0 Å². The molecule has 10 aromatic carbocycles. The molecule has 2 nitrogen and oxygen atoms in total. The number of rotatable bonds is 6. The standard InChI is InChI=1S/C54H35NO/c1-4-15-45-36(10-1)13-7-18-47(45)39-22-29-42(30-23-39)55(43-31-24-40(25-32-43)48-19-8-14-37-11-2-5-16-46(37)48)44-33-26-41(27-34-44)49-20-9-21-52-53(49)51-35-28-38-12-3-6-17-50(38)54(51)56-52/h1-35H. The van der Waals surface area contributed by atoms with Crippen LogP contribution in [0.5, 0.6) is 0 Å². The lowest BCUT2D eigenvalue weighted by molar-refractivity contribution is 0.673. The molecule has 0 fully saturated rings. The highest BCUT2D eigenvalue weighted by molar-refractivity contribution is 6.19. The summed E-state index contributed by atoms with van der Waals surface area (Å²) in [6.07, 6.45) is 0. The van der Waals surface area contributed by atoms with Crippen LogP contribution >= 0.6 is 0 Å². The van der Waals surface area contributed by atoms with E-state index in [1.165, 1.54) is 49.2 Å². The van der Waals surface area contributed by atoms with Crippen LogP contribution in [0, 0.1) is 0 Å². The third kappa shape index (κ3) is 5.34. The summed E-state index contributed by atoms with van der Waals surface area (Å²) in [5.41, 5.74) is 12.3. The van der Waals surface area contributed by atoms with Crippen molar-refractivity contribution in [3.05, 3.63) is 212 Å². The van der Waals surface area contributed by atoms with Gasteiger partial charge in [-0.05, 0) is 109 Å². The van der Waals surface area contributed by atoms with Crippen molar-refractivity contribution in [2.24, 2.45) is 0 Å². The van der Waals surface area contributed by atoms with Gasteiger partial charge in [0, 0.05) is 33.2 Å². The van der Waals surface area contributed by atoms with E-state index in [1.54, 1.807) is 0 Å². The van der Waals surface area contributed by atoms with Gasteiger partial charge >= 0.3 is 0 Å². The molecule has 11 aromatic rings. The maximum Gasteiger partial charge on any atom is 0.143 e. The Kier molecular flexibility index (Phi) is 7.53. The maximum atomic E-state index is 6.53. The number of hydrogen-bond donors (Lipinski definition) is 0. The van der Waals surface area contributed by atoms with E-state index in [0.717, 1.165) is 55.5 Å². The average molecular weight is 714 g/mol. The number of hydrogen-bond acceptors (Lipinski definition) is 2. The van der Waals surface area contributed by atoms with Crippen molar-refractivity contribution in [2.45, 2.75) is 0 Å². The Morgan fingerprint density at radius 3 is 1.23 bits per heavy atom. The first-order valence-electron chi connectivity index (χ1n) is 19.2. The molecule has 0 radical (unpaired) electrons. The van der Waals surface area contributed by atoms with Crippen LogP contribution in [0.1, 0.15) is 0 Å². The zero-order chi connectivity index (χ0) is 37.0. The second-order valence-electron chi connectivity index (χ2n) is 14.5. The Balaban J connectivity index is 1.01. The molecule has 0 saturated heterocycles. The third-order valence-corrected chi connectivity index (χ3v) is 11.3. The molecule has 0 N–H and O–H groups in total. The highest BCUT2D eigenvalue weighted by Crippen LogP contribution is 2.42. The Morgan fingerprint density at radius 1 is 0.286 bits per heavy atom. The van der Waals surface area contributed by atoms with Gasteiger partial charge in [-0.2, -0.15) is 0 Å². The van der Waals surface area contributed by atoms with Gasteiger partial charge in [-0.3, -0.25) is 0 Å². The zero-order valence-corrected chi connectivity index (χ0v) is 30.6. The van der Waals surface area contributed by atoms with Crippen molar-refractivity contribution in [3.63, 3.8) is 0 Å². The van der Waals surface area contributed by atoms with E-state index < -0.39 is 0 Å². The Labute approximate surface area is 325 Å². The minimum Gasteiger partial charge on any atom is -0.455 e. The zero-order valence-electron chi connectivity index (χ0n) is 30.6.